The van der Waals surface area contributed by atoms with Crippen LogP contribution in [0.3, 0.4) is 0 Å². The molecule has 0 aliphatic heterocycles. The van der Waals surface area contributed by atoms with E-state index in [0.717, 1.165) is 16.7 Å². The Balaban J connectivity index is 1.89. The molecule has 3 aromatic carbocycles. The summed E-state index contributed by atoms with van der Waals surface area (Å²) in [6.45, 7) is 1.21. The highest BCUT2D eigenvalue weighted by atomic mass is 16.5. The quantitative estimate of drug-likeness (QED) is 0.449. The van der Waals surface area contributed by atoms with Gasteiger partial charge in [0.1, 0.15) is 6.61 Å². The molecule has 0 aliphatic carbocycles. The number of nitrogens with zero attached hydrogens (tertiary/aromatic N) is 1. The Morgan fingerprint density at radius 1 is 0.969 bits per heavy atom. The van der Waals surface area contributed by atoms with Crippen LogP contribution in [0.25, 0.3) is 0 Å². The summed E-state index contributed by atoms with van der Waals surface area (Å²) < 4.78 is 11.6. The van der Waals surface area contributed by atoms with Gasteiger partial charge in [0.25, 0.3) is 0 Å². The molecular formula is C26H30N2O4. The molecule has 6 nitrogen and oxygen atoms in total. The maximum atomic E-state index is 12.1. The van der Waals surface area contributed by atoms with Crippen molar-refractivity contribution < 1.29 is 19.4 Å². The molecule has 32 heavy (non-hydrogen) atoms. The van der Waals surface area contributed by atoms with Crippen molar-refractivity contribution in [3.8, 4) is 11.5 Å². The van der Waals surface area contributed by atoms with Crippen molar-refractivity contribution in [3.05, 3.63) is 95.6 Å². The van der Waals surface area contributed by atoms with Crippen molar-refractivity contribution in [2.24, 2.45) is 5.73 Å². The second-order valence-electron chi connectivity index (χ2n) is 7.51. The van der Waals surface area contributed by atoms with Crippen molar-refractivity contribution in [2.45, 2.75) is 25.5 Å². The summed E-state index contributed by atoms with van der Waals surface area (Å²) in [5.41, 5.74) is 8.61. The number of ether oxygens (including phenoxy) is 2. The molecule has 0 heterocycles. The number of benzene rings is 3. The normalized spacial score (nSPS) is 11.6. The summed E-state index contributed by atoms with van der Waals surface area (Å²) in [6, 6.07) is 25.0. The Morgan fingerprint density at radius 2 is 1.62 bits per heavy atom. The molecule has 1 amide bonds. The van der Waals surface area contributed by atoms with Crippen LogP contribution in [0.4, 0.5) is 4.79 Å². The predicted molar refractivity (Wildman–Crippen MR) is 125 cm³/mol. The van der Waals surface area contributed by atoms with Gasteiger partial charge >= 0.3 is 6.09 Å². The number of carbonyl (C=O) groups is 1. The molecule has 1 atom stereocenters. The minimum Gasteiger partial charge on any atom is -0.493 e. The van der Waals surface area contributed by atoms with E-state index in [1.54, 1.807) is 7.11 Å². The van der Waals surface area contributed by atoms with Gasteiger partial charge in [-0.3, -0.25) is 0 Å². The summed E-state index contributed by atoms with van der Waals surface area (Å²) in [5, 5.41) is 9.93. The third kappa shape index (κ3) is 6.25. The van der Waals surface area contributed by atoms with Gasteiger partial charge in [-0.15, -0.1) is 0 Å². The lowest BCUT2D eigenvalue weighted by atomic mass is 9.97. The van der Waals surface area contributed by atoms with E-state index in [2.05, 4.69) is 0 Å². The summed E-state index contributed by atoms with van der Waals surface area (Å²) in [6.07, 6.45) is 0.167. The maximum Gasteiger partial charge on any atom is 0.407 e. The first-order valence-electron chi connectivity index (χ1n) is 10.7. The van der Waals surface area contributed by atoms with Gasteiger partial charge in [-0.25, -0.2) is 4.79 Å². The number of hydrogen-bond donors (Lipinski definition) is 2. The van der Waals surface area contributed by atoms with E-state index in [0.29, 0.717) is 44.0 Å². The van der Waals surface area contributed by atoms with Gasteiger partial charge in [-0.1, -0.05) is 66.7 Å². The second-order valence-corrected chi connectivity index (χ2v) is 7.51. The lowest BCUT2D eigenvalue weighted by Crippen LogP contribution is -2.36. The number of rotatable bonds is 11. The van der Waals surface area contributed by atoms with Gasteiger partial charge < -0.3 is 25.2 Å². The first kappa shape index (κ1) is 23.2. The molecule has 0 aromatic heterocycles. The second kappa shape index (κ2) is 11.8. The molecule has 3 aromatic rings. The summed E-state index contributed by atoms with van der Waals surface area (Å²) in [4.78, 5) is 13.6. The average molecular weight is 435 g/mol. The van der Waals surface area contributed by atoms with Gasteiger partial charge in [0, 0.05) is 6.54 Å². The van der Waals surface area contributed by atoms with E-state index >= 15 is 0 Å². The lowest BCUT2D eigenvalue weighted by Gasteiger charge is -2.30. The molecule has 0 spiro atoms. The van der Waals surface area contributed by atoms with Crippen LogP contribution in [0.15, 0.2) is 78.9 Å². The molecule has 0 bridgehead atoms. The van der Waals surface area contributed by atoms with Crippen molar-refractivity contribution >= 4 is 6.09 Å². The van der Waals surface area contributed by atoms with Crippen LogP contribution in [-0.2, 0) is 13.0 Å². The van der Waals surface area contributed by atoms with E-state index in [-0.39, 0.29) is 6.04 Å². The number of methoxy groups -OCH3 is 1. The van der Waals surface area contributed by atoms with Crippen molar-refractivity contribution in [1.29, 1.82) is 0 Å². The van der Waals surface area contributed by atoms with Crippen LogP contribution in [-0.4, -0.2) is 36.3 Å². The Kier molecular flexibility index (Phi) is 8.52. The Labute approximate surface area is 189 Å². The number of amides is 1. The molecule has 0 radical (unpaired) electrons. The summed E-state index contributed by atoms with van der Waals surface area (Å²) >= 11 is 0. The first-order chi connectivity index (χ1) is 15.6. The van der Waals surface area contributed by atoms with E-state index in [9.17, 15) is 9.90 Å². The van der Waals surface area contributed by atoms with Gasteiger partial charge in [0.15, 0.2) is 11.5 Å². The fraction of sp³-hybridized carbons (Fsp3) is 0.269. The van der Waals surface area contributed by atoms with Gasteiger partial charge in [0.2, 0.25) is 0 Å². The van der Waals surface area contributed by atoms with Crippen molar-refractivity contribution in [3.63, 3.8) is 0 Å². The van der Waals surface area contributed by atoms with Crippen molar-refractivity contribution in [2.75, 3.05) is 20.2 Å². The average Bonchev–Trinajstić information content (AvgIpc) is 2.83. The molecule has 168 valence electrons. The number of carboxylic acid groups (broad SMARTS) is 1. The smallest absolute Gasteiger partial charge is 0.407 e. The lowest BCUT2D eigenvalue weighted by molar-refractivity contribution is 0.123. The standard InChI is InChI=1S/C26H30N2O4/c1-31-25-18-22(13-14-24(25)32-19-21-11-6-3-7-12-21)23(17-20-9-4-2-5-10-20)28(26(29)30)16-8-15-27/h2-7,9-14,18,23H,8,15-17,19,27H2,1H3,(H,29,30). The summed E-state index contributed by atoms with van der Waals surface area (Å²) in [7, 11) is 1.59. The van der Waals surface area contributed by atoms with Crippen LogP contribution in [0, 0.1) is 0 Å². The zero-order chi connectivity index (χ0) is 22.8. The van der Waals surface area contributed by atoms with E-state index in [1.807, 2.05) is 78.9 Å². The molecular weight excluding hydrogens is 404 g/mol. The summed E-state index contributed by atoms with van der Waals surface area (Å²) in [5.74, 6) is 1.18. The van der Waals surface area contributed by atoms with Gasteiger partial charge in [-0.2, -0.15) is 0 Å². The first-order valence-corrected chi connectivity index (χ1v) is 10.7. The molecule has 0 saturated carbocycles. The van der Waals surface area contributed by atoms with Crippen LogP contribution in [0.2, 0.25) is 0 Å². The highest BCUT2D eigenvalue weighted by Crippen LogP contribution is 2.34. The highest BCUT2D eigenvalue weighted by molar-refractivity contribution is 5.66. The minimum atomic E-state index is -0.970. The molecule has 0 saturated heterocycles. The van der Waals surface area contributed by atoms with E-state index in [1.165, 1.54) is 4.90 Å². The van der Waals surface area contributed by atoms with Crippen LogP contribution in [0.5, 0.6) is 11.5 Å². The molecule has 6 heteroatoms. The minimum absolute atomic E-state index is 0.359. The number of hydrogen-bond acceptors (Lipinski definition) is 4. The van der Waals surface area contributed by atoms with Crippen LogP contribution in [0.1, 0.15) is 29.2 Å². The predicted octanol–water partition coefficient (Wildman–Crippen LogP) is 4.89. The van der Waals surface area contributed by atoms with Crippen molar-refractivity contribution in [1.82, 2.24) is 4.90 Å². The monoisotopic (exact) mass is 434 g/mol. The molecule has 3 rings (SSSR count). The molecule has 0 fully saturated rings. The molecule has 1 unspecified atom stereocenters. The van der Waals surface area contributed by atoms with Crippen LogP contribution < -0.4 is 15.2 Å². The third-order valence-electron chi connectivity index (χ3n) is 5.31. The van der Waals surface area contributed by atoms with E-state index < -0.39 is 6.09 Å². The SMILES string of the molecule is COc1cc(C(Cc2ccccc2)N(CCCN)C(=O)O)ccc1OCc1ccccc1. The largest absolute Gasteiger partial charge is 0.493 e. The number of nitrogens with two attached hydrogens (primary N) is 1. The fourth-order valence-electron chi connectivity index (χ4n) is 3.64. The highest BCUT2D eigenvalue weighted by Gasteiger charge is 2.26. The molecule has 0 aliphatic rings. The van der Waals surface area contributed by atoms with Gasteiger partial charge in [0.05, 0.1) is 13.2 Å². The van der Waals surface area contributed by atoms with Crippen LogP contribution >= 0.6 is 0 Å². The van der Waals surface area contributed by atoms with E-state index in [4.69, 9.17) is 15.2 Å². The third-order valence-corrected chi connectivity index (χ3v) is 5.31. The zero-order valence-electron chi connectivity index (χ0n) is 18.3. The Morgan fingerprint density at radius 3 is 2.22 bits per heavy atom. The molecule has 3 N–H and O–H groups in total. The Bertz CT molecular complexity index is 980. The fourth-order valence-corrected chi connectivity index (χ4v) is 3.64. The van der Waals surface area contributed by atoms with Gasteiger partial charge in [-0.05, 0) is 48.2 Å². The maximum absolute atomic E-state index is 12.1. The zero-order valence-corrected chi connectivity index (χ0v) is 18.3. The Hall–Kier alpha value is -3.51. The topological polar surface area (TPSA) is 85.0 Å².